The van der Waals surface area contributed by atoms with Crippen LogP contribution in [0.3, 0.4) is 0 Å². The van der Waals surface area contributed by atoms with E-state index in [0.29, 0.717) is 41.6 Å². The van der Waals surface area contributed by atoms with E-state index < -0.39 is 24.2 Å². The van der Waals surface area contributed by atoms with Crippen LogP contribution in [0.15, 0.2) is 24.3 Å². The number of aliphatic hydroxyl groups excluding tert-OH is 1. The maximum absolute atomic E-state index is 13.0. The van der Waals surface area contributed by atoms with Crippen LogP contribution in [0.2, 0.25) is 0 Å². The molecule has 1 aliphatic heterocycles. The maximum Gasteiger partial charge on any atom is 0.405 e. The minimum atomic E-state index is -4.42. The van der Waals surface area contributed by atoms with Gasteiger partial charge in [0.1, 0.15) is 23.5 Å². The van der Waals surface area contributed by atoms with Gasteiger partial charge in [-0.25, -0.2) is 9.97 Å². The highest BCUT2D eigenvalue weighted by Gasteiger charge is 2.60. The first-order valence-electron chi connectivity index (χ1n) is 12.5. The molecule has 5 rings (SSSR count). The third-order valence-corrected chi connectivity index (χ3v) is 7.74. The highest BCUT2D eigenvalue weighted by atomic mass is 32.1. The number of nitrogens with one attached hydrogen (secondary N) is 3. The van der Waals surface area contributed by atoms with Gasteiger partial charge in [-0.05, 0) is 45.7 Å². The Morgan fingerprint density at radius 1 is 1.18 bits per heavy atom. The molecule has 0 amide bonds. The summed E-state index contributed by atoms with van der Waals surface area (Å²) < 4.78 is 52.6. The molecule has 3 aromatic rings. The van der Waals surface area contributed by atoms with E-state index in [9.17, 15) is 13.2 Å². The van der Waals surface area contributed by atoms with Crippen molar-refractivity contribution in [2.75, 3.05) is 36.9 Å². The third-order valence-electron chi connectivity index (χ3n) is 6.68. The normalized spacial score (nSPS) is 24.6. The van der Waals surface area contributed by atoms with Crippen LogP contribution in [0.25, 0.3) is 20.8 Å². The third kappa shape index (κ3) is 5.57. The number of hydrogen-bond donors (Lipinski definition) is 4. The molecule has 4 N–H and O–H groups in total. The summed E-state index contributed by atoms with van der Waals surface area (Å²) >= 11 is 1.46. The number of rotatable bonds is 9. The van der Waals surface area contributed by atoms with Gasteiger partial charge >= 0.3 is 6.18 Å². The van der Waals surface area contributed by atoms with E-state index in [4.69, 9.17) is 19.6 Å². The Morgan fingerprint density at radius 2 is 1.97 bits per heavy atom. The second kappa shape index (κ2) is 10.2. The van der Waals surface area contributed by atoms with Crippen molar-refractivity contribution in [2.45, 2.75) is 57.4 Å². The number of halogens is 3. The topological polar surface area (TPSA) is 113 Å². The summed E-state index contributed by atoms with van der Waals surface area (Å²) in [6.07, 6.45) is -3.40. The fourth-order valence-corrected chi connectivity index (χ4v) is 6.30. The van der Waals surface area contributed by atoms with Gasteiger partial charge in [-0.2, -0.15) is 18.2 Å². The SMILES string of the molecule is Cc1nc(NCC(F)(F)F)nc(NC23CCC(CNCCO)C2OC(C)(C)O3)c1-c1nc2ccccc2s1. The number of benzene rings is 1. The Kier molecular flexibility index (Phi) is 7.24. The van der Waals surface area contributed by atoms with E-state index in [-0.39, 0.29) is 24.6 Å². The van der Waals surface area contributed by atoms with Crippen molar-refractivity contribution >= 4 is 33.3 Å². The predicted molar refractivity (Wildman–Crippen MR) is 139 cm³/mol. The Balaban J connectivity index is 1.55. The summed E-state index contributed by atoms with van der Waals surface area (Å²) in [7, 11) is 0. The van der Waals surface area contributed by atoms with Crippen LogP contribution in [-0.4, -0.2) is 70.1 Å². The highest BCUT2D eigenvalue weighted by Crippen LogP contribution is 2.50. The van der Waals surface area contributed by atoms with Gasteiger partial charge in [0.25, 0.3) is 0 Å². The number of para-hydroxylation sites is 1. The fraction of sp³-hybridized carbons (Fsp3) is 0.560. The van der Waals surface area contributed by atoms with Crippen LogP contribution in [-0.2, 0) is 9.47 Å². The molecule has 1 aromatic carbocycles. The lowest BCUT2D eigenvalue weighted by molar-refractivity contribution is -0.166. The van der Waals surface area contributed by atoms with Crippen molar-refractivity contribution in [3.8, 4) is 10.6 Å². The lowest BCUT2D eigenvalue weighted by Gasteiger charge is -2.31. The maximum atomic E-state index is 13.0. The van der Waals surface area contributed by atoms with Crippen LogP contribution in [0.4, 0.5) is 24.9 Å². The number of fused-ring (bicyclic) bond motifs is 2. The summed E-state index contributed by atoms with van der Waals surface area (Å²) in [6, 6.07) is 7.70. The molecule has 206 valence electrons. The minimum Gasteiger partial charge on any atom is -0.395 e. The molecule has 3 atom stereocenters. The summed E-state index contributed by atoms with van der Waals surface area (Å²) in [6.45, 7) is 5.27. The Bertz CT molecular complexity index is 1270. The second-order valence-electron chi connectivity index (χ2n) is 10.1. The number of alkyl halides is 3. The zero-order valence-corrected chi connectivity index (χ0v) is 22.2. The molecule has 3 unspecified atom stereocenters. The smallest absolute Gasteiger partial charge is 0.395 e. The number of hydrogen-bond acceptors (Lipinski definition) is 10. The molecule has 13 heteroatoms. The zero-order chi connectivity index (χ0) is 27.1. The lowest BCUT2D eigenvalue weighted by Crippen LogP contribution is -2.47. The number of aryl methyl sites for hydroxylation is 1. The van der Waals surface area contributed by atoms with Crippen molar-refractivity contribution in [2.24, 2.45) is 5.92 Å². The molecule has 38 heavy (non-hydrogen) atoms. The van der Waals surface area contributed by atoms with E-state index in [1.165, 1.54) is 11.3 Å². The monoisotopic (exact) mass is 552 g/mol. The molecule has 1 aliphatic carbocycles. The van der Waals surface area contributed by atoms with Crippen LogP contribution < -0.4 is 16.0 Å². The molecule has 1 saturated carbocycles. The van der Waals surface area contributed by atoms with Gasteiger partial charge in [-0.3, -0.25) is 0 Å². The van der Waals surface area contributed by atoms with Crippen LogP contribution >= 0.6 is 11.3 Å². The summed E-state index contributed by atoms with van der Waals surface area (Å²) in [5.74, 6) is -0.607. The van der Waals surface area contributed by atoms with Crippen molar-refractivity contribution in [3.63, 3.8) is 0 Å². The number of anilines is 2. The largest absolute Gasteiger partial charge is 0.405 e. The summed E-state index contributed by atoms with van der Waals surface area (Å²) in [4.78, 5) is 13.6. The first kappa shape index (κ1) is 27.0. The first-order chi connectivity index (χ1) is 18.0. The average molecular weight is 553 g/mol. The number of nitrogens with zero attached hydrogens (tertiary/aromatic N) is 3. The van der Waals surface area contributed by atoms with Gasteiger partial charge in [-0.1, -0.05) is 12.1 Å². The van der Waals surface area contributed by atoms with Gasteiger partial charge < -0.3 is 30.5 Å². The second-order valence-corrected chi connectivity index (χ2v) is 11.1. The molecular formula is C25H31F3N6O3S. The molecule has 2 aromatic heterocycles. The van der Waals surface area contributed by atoms with E-state index in [0.717, 1.165) is 16.6 Å². The van der Waals surface area contributed by atoms with E-state index in [2.05, 4.69) is 25.9 Å². The van der Waals surface area contributed by atoms with Gasteiger partial charge in [0.2, 0.25) is 5.95 Å². The summed E-state index contributed by atoms with van der Waals surface area (Å²) in [5.41, 5.74) is 0.942. The van der Waals surface area contributed by atoms with Gasteiger partial charge in [0.15, 0.2) is 11.5 Å². The van der Waals surface area contributed by atoms with Gasteiger partial charge in [-0.15, -0.1) is 11.3 Å². The van der Waals surface area contributed by atoms with Crippen LogP contribution in [0.1, 0.15) is 32.4 Å². The molecule has 1 saturated heterocycles. The molecule has 9 nitrogen and oxygen atoms in total. The quantitative estimate of drug-likeness (QED) is 0.289. The highest BCUT2D eigenvalue weighted by molar-refractivity contribution is 7.21. The number of thiazole rings is 1. The molecule has 0 radical (unpaired) electrons. The summed E-state index contributed by atoms with van der Waals surface area (Å²) in [5, 5.41) is 18.8. The Morgan fingerprint density at radius 3 is 2.71 bits per heavy atom. The van der Waals surface area contributed by atoms with E-state index in [1.54, 1.807) is 6.92 Å². The number of ether oxygens (including phenoxy) is 2. The molecule has 2 fully saturated rings. The van der Waals surface area contributed by atoms with Crippen molar-refractivity contribution in [1.82, 2.24) is 20.3 Å². The van der Waals surface area contributed by atoms with Crippen molar-refractivity contribution in [3.05, 3.63) is 30.0 Å². The van der Waals surface area contributed by atoms with Crippen molar-refractivity contribution < 1.29 is 27.8 Å². The van der Waals surface area contributed by atoms with Gasteiger partial charge in [0.05, 0.1) is 28.1 Å². The van der Waals surface area contributed by atoms with Crippen LogP contribution in [0, 0.1) is 12.8 Å². The zero-order valence-electron chi connectivity index (χ0n) is 21.4. The molecule has 3 heterocycles. The van der Waals surface area contributed by atoms with Crippen LogP contribution in [0.5, 0.6) is 0 Å². The molecule has 0 spiro atoms. The first-order valence-corrected chi connectivity index (χ1v) is 13.3. The molecular weight excluding hydrogens is 521 g/mol. The van der Waals surface area contributed by atoms with Gasteiger partial charge in [0, 0.05) is 19.0 Å². The molecule has 2 aliphatic rings. The Labute approximate surface area is 222 Å². The molecule has 0 bridgehead atoms. The fourth-order valence-electron chi connectivity index (χ4n) is 5.24. The lowest BCUT2D eigenvalue weighted by atomic mass is 10.0. The minimum absolute atomic E-state index is 0.0308. The predicted octanol–water partition coefficient (Wildman–Crippen LogP) is 4.29. The Hall–Kier alpha value is -2.58. The standard InChI is InChI=1S/C25H31F3N6O3S/c1-14-18(21-32-16-6-4-5-7-17(16)38-21)20(33-22(31-14)30-13-25(26,27)28)34-24-9-8-15(12-29-10-11-35)19(24)36-23(2,3)37-24/h4-7,15,19,29,35H,8-13H2,1-3H3,(H2,30,31,33,34). The van der Waals surface area contributed by atoms with E-state index in [1.807, 2.05) is 38.1 Å². The average Bonchev–Trinajstić information content (AvgIpc) is 3.46. The number of aliphatic hydroxyl groups is 1. The van der Waals surface area contributed by atoms with E-state index >= 15 is 0 Å². The number of aromatic nitrogens is 3. The van der Waals surface area contributed by atoms with Crippen molar-refractivity contribution in [1.29, 1.82) is 0 Å².